The SMILES string of the molecule is Cc1[se]c(=[N+](C)C)[se]c1C.F[P-](F)(F)(F)(F)F. The van der Waals surface area contributed by atoms with Crippen LogP contribution in [0.5, 0.6) is 0 Å². The summed E-state index contributed by atoms with van der Waals surface area (Å²) in [6.07, 6.45) is 0. The van der Waals surface area contributed by atoms with Crippen LogP contribution in [0.25, 0.3) is 0 Å². The molecule has 17 heavy (non-hydrogen) atoms. The molecule has 1 heterocycles. The fourth-order valence-electron chi connectivity index (χ4n) is 0.609. The molecule has 0 aromatic carbocycles. The van der Waals surface area contributed by atoms with E-state index in [4.69, 9.17) is 0 Å². The van der Waals surface area contributed by atoms with Crippen LogP contribution in [0.3, 0.4) is 0 Å². The van der Waals surface area contributed by atoms with Gasteiger partial charge >= 0.3 is 106 Å². The third-order valence-electron chi connectivity index (χ3n) is 1.34. The molecule has 0 aliphatic rings. The molecular weight excluding hydrogens is 401 g/mol. The van der Waals surface area contributed by atoms with Gasteiger partial charge in [-0.15, -0.1) is 0 Å². The van der Waals surface area contributed by atoms with Crippen molar-refractivity contribution < 1.29 is 25.2 Å². The molecule has 0 radical (unpaired) electrons. The first-order valence-corrected chi connectivity index (χ1v) is 9.65. The maximum absolute atomic E-state index is 10.7. The molecule has 0 saturated heterocycles. The molecule has 1 aromatic heterocycles. The van der Waals surface area contributed by atoms with Crippen LogP contribution < -0.4 is 7.68 Å². The summed E-state index contributed by atoms with van der Waals surface area (Å²) >= 11 is 1.38. The summed E-state index contributed by atoms with van der Waals surface area (Å²) < 4.78 is 66.5. The third-order valence-corrected chi connectivity index (χ3v) is 8.65. The van der Waals surface area contributed by atoms with Crippen molar-refractivity contribution in [2.75, 3.05) is 14.1 Å². The third kappa shape index (κ3) is 12.7. The van der Waals surface area contributed by atoms with Crippen molar-refractivity contribution in [3.05, 3.63) is 12.0 Å². The second-order valence-electron chi connectivity index (χ2n) is 3.44. The average molecular weight is 413 g/mol. The predicted molar refractivity (Wildman–Crippen MR) is 60.5 cm³/mol. The van der Waals surface area contributed by atoms with Crippen LogP contribution >= 0.6 is 7.81 Å². The summed E-state index contributed by atoms with van der Waals surface area (Å²) in [4.78, 5) is 0. The molecule has 1 rings (SSSR count). The summed E-state index contributed by atoms with van der Waals surface area (Å²) in [7, 11) is -6.34. The van der Waals surface area contributed by atoms with E-state index in [-0.39, 0.29) is 0 Å². The first kappa shape index (κ1) is 17.5. The molecule has 1 aromatic rings. The van der Waals surface area contributed by atoms with Crippen molar-refractivity contribution in [1.29, 1.82) is 0 Å². The average Bonchev–Trinajstić information content (AvgIpc) is 2.25. The zero-order chi connectivity index (χ0) is 14.1. The maximum atomic E-state index is 9.87. The van der Waals surface area contributed by atoms with Crippen molar-refractivity contribution in [1.82, 2.24) is 4.58 Å². The van der Waals surface area contributed by atoms with Crippen molar-refractivity contribution >= 4 is 36.8 Å². The Morgan fingerprint density at radius 3 is 1.18 bits per heavy atom. The van der Waals surface area contributed by atoms with Gasteiger partial charge in [0.15, 0.2) is 0 Å². The van der Waals surface area contributed by atoms with Gasteiger partial charge in [0.2, 0.25) is 0 Å². The number of aryl methyl sites for hydroxylation is 2. The minimum atomic E-state index is -10.7. The molecule has 0 amide bonds. The fraction of sp³-hybridized carbons (Fsp3) is 0.571. The molecule has 10 heteroatoms. The first-order valence-electron chi connectivity index (χ1n) is 4.20. The summed E-state index contributed by atoms with van der Waals surface area (Å²) in [6, 6.07) is 0. The van der Waals surface area contributed by atoms with Crippen molar-refractivity contribution in [3.8, 4) is 0 Å². The van der Waals surface area contributed by atoms with Gasteiger partial charge in [-0.2, -0.15) is 0 Å². The standard InChI is InChI=1S/C7H12NSe2.F6P/c1-5-6(2)10-7(9-5)8(3)4;1-7(2,3,4,5)6/h1-4H3;/q+1;-1. The predicted octanol–water partition coefficient (Wildman–Crippen LogP) is 2.83. The van der Waals surface area contributed by atoms with Gasteiger partial charge in [-0.1, -0.05) is 0 Å². The van der Waals surface area contributed by atoms with Crippen LogP contribution in [0.2, 0.25) is 0 Å². The van der Waals surface area contributed by atoms with E-state index in [1.807, 2.05) is 0 Å². The van der Waals surface area contributed by atoms with Crippen molar-refractivity contribution in [2.24, 2.45) is 0 Å². The van der Waals surface area contributed by atoms with E-state index < -0.39 is 7.81 Å². The Kier molecular flexibility index (Phi) is 4.65. The Labute approximate surface area is 107 Å². The molecular formula is C7H12F6NPSe2. The normalized spacial score (nSPS) is 15.4. The Hall–Kier alpha value is 0.459. The second kappa shape index (κ2) is 4.53. The second-order valence-corrected chi connectivity index (χ2v) is 11.7. The van der Waals surface area contributed by atoms with E-state index in [2.05, 4.69) is 32.5 Å². The van der Waals surface area contributed by atoms with Gasteiger partial charge in [0.1, 0.15) is 0 Å². The monoisotopic (exact) mass is 415 g/mol. The van der Waals surface area contributed by atoms with Gasteiger partial charge in [0.05, 0.1) is 0 Å². The van der Waals surface area contributed by atoms with Crippen LogP contribution in [0, 0.1) is 13.8 Å². The van der Waals surface area contributed by atoms with Crippen molar-refractivity contribution in [2.45, 2.75) is 13.8 Å². The van der Waals surface area contributed by atoms with Crippen LogP contribution in [0.15, 0.2) is 0 Å². The number of hydrogen-bond donors (Lipinski definition) is 0. The first-order chi connectivity index (χ1) is 7.06. The summed E-state index contributed by atoms with van der Waals surface area (Å²) in [5.41, 5.74) is 0. The van der Waals surface area contributed by atoms with E-state index in [0.29, 0.717) is 29.0 Å². The molecule has 0 bridgehead atoms. The summed E-state index contributed by atoms with van der Waals surface area (Å²) in [5.74, 6) is 0. The molecule has 104 valence electrons. The molecule has 0 fully saturated rings. The number of halogens is 6. The molecule has 0 aliphatic heterocycles. The van der Waals surface area contributed by atoms with Crippen LogP contribution in [0.4, 0.5) is 25.2 Å². The van der Waals surface area contributed by atoms with Crippen LogP contribution in [-0.2, 0) is 0 Å². The Morgan fingerprint density at radius 1 is 0.824 bits per heavy atom. The van der Waals surface area contributed by atoms with Crippen LogP contribution in [-0.4, -0.2) is 43.1 Å². The number of rotatable bonds is 0. The van der Waals surface area contributed by atoms with Gasteiger partial charge in [-0.3, -0.25) is 0 Å². The van der Waals surface area contributed by atoms with Gasteiger partial charge in [0.25, 0.3) is 0 Å². The van der Waals surface area contributed by atoms with E-state index >= 15 is 0 Å². The molecule has 0 spiro atoms. The van der Waals surface area contributed by atoms with E-state index in [1.165, 1.54) is 0 Å². The van der Waals surface area contributed by atoms with Gasteiger partial charge in [0, 0.05) is 0 Å². The number of nitrogens with zero attached hydrogens (tertiary/aromatic N) is 1. The fourth-order valence-corrected chi connectivity index (χ4v) is 7.25. The van der Waals surface area contributed by atoms with E-state index in [1.54, 1.807) is 12.0 Å². The van der Waals surface area contributed by atoms with E-state index in [9.17, 15) is 25.2 Å². The Bertz CT molecular complexity index is 430. The van der Waals surface area contributed by atoms with Gasteiger partial charge < -0.3 is 0 Å². The molecule has 0 atom stereocenters. The van der Waals surface area contributed by atoms with E-state index in [0.717, 1.165) is 0 Å². The van der Waals surface area contributed by atoms with Gasteiger partial charge in [-0.05, 0) is 0 Å². The molecule has 0 unspecified atom stereocenters. The minimum absolute atomic E-state index is 0.688. The summed E-state index contributed by atoms with van der Waals surface area (Å²) in [6.45, 7) is 4.54. The molecule has 0 aliphatic carbocycles. The topological polar surface area (TPSA) is 3.01 Å². The summed E-state index contributed by atoms with van der Waals surface area (Å²) in [5, 5.41) is 0. The molecule has 0 N–H and O–H groups in total. The quantitative estimate of drug-likeness (QED) is 0.267. The Morgan fingerprint density at radius 2 is 1.06 bits per heavy atom. The van der Waals surface area contributed by atoms with Gasteiger partial charge in [-0.25, -0.2) is 0 Å². The zero-order valence-electron chi connectivity index (χ0n) is 9.48. The van der Waals surface area contributed by atoms with Crippen molar-refractivity contribution in [3.63, 3.8) is 0 Å². The number of hydrogen-bond acceptors (Lipinski definition) is 0. The van der Waals surface area contributed by atoms with Crippen LogP contribution in [0.1, 0.15) is 8.87 Å². The Balaban J connectivity index is 0.000000325. The zero-order valence-corrected chi connectivity index (χ0v) is 13.8. The molecule has 0 saturated carbocycles. The molecule has 1 nitrogen and oxygen atoms in total.